The molecule has 0 amide bonds. The molecule has 0 fully saturated rings. The molecule has 0 unspecified atom stereocenters. The van der Waals surface area contributed by atoms with Gasteiger partial charge in [0, 0.05) is 41.1 Å². The van der Waals surface area contributed by atoms with Gasteiger partial charge in [-0.15, -0.1) is 0 Å². The third-order valence-corrected chi connectivity index (χ3v) is 5.99. The van der Waals surface area contributed by atoms with E-state index in [1.54, 1.807) is 17.7 Å². The summed E-state index contributed by atoms with van der Waals surface area (Å²) in [6.07, 6.45) is 0. The highest BCUT2D eigenvalue weighted by molar-refractivity contribution is 6.31. The number of nitrogens with one attached hydrogen (secondary N) is 1. The van der Waals surface area contributed by atoms with Gasteiger partial charge in [-0.3, -0.25) is 0 Å². The maximum atomic E-state index is 13.5. The van der Waals surface area contributed by atoms with Crippen molar-refractivity contribution in [3.63, 3.8) is 0 Å². The van der Waals surface area contributed by atoms with Crippen LogP contribution in [0.3, 0.4) is 0 Å². The van der Waals surface area contributed by atoms with E-state index >= 15 is 0 Å². The summed E-state index contributed by atoms with van der Waals surface area (Å²) in [4.78, 5) is 12.4. The van der Waals surface area contributed by atoms with E-state index in [4.69, 9.17) is 16.3 Å². The zero-order valence-electron chi connectivity index (χ0n) is 18.4. The van der Waals surface area contributed by atoms with E-state index in [2.05, 4.69) is 5.32 Å². The molecule has 0 aliphatic carbocycles. The molecule has 170 valence electrons. The molecular formula is C26H24ClFN2O3. The molecule has 2 N–H and O–H groups in total. The molecule has 1 heterocycles. The van der Waals surface area contributed by atoms with Crippen LogP contribution >= 0.6 is 11.6 Å². The summed E-state index contributed by atoms with van der Waals surface area (Å²) in [6, 6.07) is 17.8. The highest BCUT2D eigenvalue weighted by Crippen LogP contribution is 2.30. The van der Waals surface area contributed by atoms with E-state index in [0.717, 1.165) is 27.8 Å². The molecule has 33 heavy (non-hydrogen) atoms. The largest absolute Gasteiger partial charge is 0.497 e. The standard InChI is InChI=1S/C26H24ClFN2O3/c1-16-6-9-21-22(14-29-13-17-4-3-5-20(11-17)33-2)25(26(31)32)30(24(21)10-16)15-18-7-8-19(28)12-23(18)27/h3-12,29H,13-15H2,1-2H3,(H,31,32). The van der Waals surface area contributed by atoms with Crippen molar-refractivity contribution in [3.8, 4) is 5.75 Å². The number of methoxy groups -OCH3 is 1. The third kappa shape index (κ3) is 4.87. The predicted molar refractivity (Wildman–Crippen MR) is 128 cm³/mol. The number of hydrogen-bond acceptors (Lipinski definition) is 3. The van der Waals surface area contributed by atoms with Crippen LogP contribution in [0.1, 0.15) is 32.7 Å². The minimum Gasteiger partial charge on any atom is -0.497 e. The molecule has 0 spiro atoms. The van der Waals surface area contributed by atoms with Gasteiger partial charge in [0.2, 0.25) is 0 Å². The Hall–Kier alpha value is -3.35. The predicted octanol–water partition coefficient (Wildman–Crippen LogP) is 5.79. The van der Waals surface area contributed by atoms with Crippen LogP contribution in [0.15, 0.2) is 60.7 Å². The molecule has 3 aromatic carbocycles. The van der Waals surface area contributed by atoms with E-state index in [-0.39, 0.29) is 17.3 Å². The van der Waals surface area contributed by atoms with Crippen LogP contribution in [0.25, 0.3) is 10.9 Å². The van der Waals surface area contributed by atoms with Gasteiger partial charge in [0.05, 0.1) is 7.11 Å². The number of nitrogens with zero attached hydrogens (tertiary/aromatic N) is 1. The fourth-order valence-electron chi connectivity index (χ4n) is 4.05. The van der Waals surface area contributed by atoms with Crippen LogP contribution in [-0.4, -0.2) is 22.8 Å². The molecule has 7 heteroatoms. The normalized spacial score (nSPS) is 11.2. The number of carboxylic acid groups (broad SMARTS) is 1. The Labute approximate surface area is 196 Å². The molecule has 4 aromatic rings. The van der Waals surface area contributed by atoms with E-state index in [1.807, 2.05) is 49.4 Å². The van der Waals surface area contributed by atoms with Crippen LogP contribution in [0, 0.1) is 12.7 Å². The Morgan fingerprint density at radius 3 is 2.67 bits per heavy atom. The molecule has 0 radical (unpaired) electrons. The van der Waals surface area contributed by atoms with Crippen LogP contribution in [0.4, 0.5) is 4.39 Å². The topological polar surface area (TPSA) is 63.5 Å². The van der Waals surface area contributed by atoms with Crippen molar-refractivity contribution >= 4 is 28.5 Å². The van der Waals surface area contributed by atoms with Crippen molar-refractivity contribution in [2.75, 3.05) is 7.11 Å². The Kier molecular flexibility index (Phi) is 6.67. The van der Waals surface area contributed by atoms with Gasteiger partial charge in [0.25, 0.3) is 0 Å². The van der Waals surface area contributed by atoms with Gasteiger partial charge in [-0.2, -0.15) is 0 Å². The van der Waals surface area contributed by atoms with Gasteiger partial charge in [-0.05, 0) is 53.9 Å². The number of aromatic nitrogens is 1. The SMILES string of the molecule is COc1cccc(CNCc2c(C(=O)O)n(Cc3ccc(F)cc3Cl)c3cc(C)ccc23)c1. The lowest BCUT2D eigenvalue weighted by atomic mass is 10.1. The van der Waals surface area contributed by atoms with E-state index in [1.165, 1.54) is 12.1 Å². The molecule has 1 aromatic heterocycles. The minimum atomic E-state index is -1.03. The summed E-state index contributed by atoms with van der Waals surface area (Å²) >= 11 is 6.25. The summed E-state index contributed by atoms with van der Waals surface area (Å²) in [5.74, 6) is -0.693. The number of carbonyl (C=O) groups is 1. The zero-order chi connectivity index (χ0) is 23.5. The summed E-state index contributed by atoms with van der Waals surface area (Å²) in [5, 5.41) is 14.6. The number of fused-ring (bicyclic) bond motifs is 1. The maximum Gasteiger partial charge on any atom is 0.352 e. The number of aromatic carboxylic acids is 1. The number of rotatable bonds is 8. The van der Waals surface area contributed by atoms with Crippen molar-refractivity contribution in [1.82, 2.24) is 9.88 Å². The van der Waals surface area contributed by atoms with Gasteiger partial charge in [0.15, 0.2) is 0 Å². The van der Waals surface area contributed by atoms with Crippen molar-refractivity contribution in [2.45, 2.75) is 26.6 Å². The molecule has 0 saturated heterocycles. The highest BCUT2D eigenvalue weighted by Gasteiger charge is 2.23. The lowest BCUT2D eigenvalue weighted by Gasteiger charge is -2.12. The summed E-state index contributed by atoms with van der Waals surface area (Å²) in [6.45, 7) is 3.10. The zero-order valence-corrected chi connectivity index (χ0v) is 19.1. The van der Waals surface area contributed by atoms with Crippen LogP contribution < -0.4 is 10.1 Å². The Morgan fingerprint density at radius 2 is 1.94 bits per heavy atom. The minimum absolute atomic E-state index is 0.189. The first-order chi connectivity index (χ1) is 15.9. The van der Waals surface area contributed by atoms with E-state index < -0.39 is 11.8 Å². The fourth-order valence-corrected chi connectivity index (χ4v) is 4.28. The van der Waals surface area contributed by atoms with Gasteiger partial charge < -0.3 is 19.7 Å². The third-order valence-electron chi connectivity index (χ3n) is 5.64. The van der Waals surface area contributed by atoms with Crippen LogP contribution in [0.2, 0.25) is 5.02 Å². The quantitative estimate of drug-likeness (QED) is 0.345. The number of aryl methyl sites for hydroxylation is 1. The monoisotopic (exact) mass is 466 g/mol. The lowest BCUT2D eigenvalue weighted by Crippen LogP contribution is -2.17. The second kappa shape index (κ2) is 9.65. The smallest absolute Gasteiger partial charge is 0.352 e. The fraction of sp³-hybridized carbons (Fsp3) is 0.192. The summed E-state index contributed by atoms with van der Waals surface area (Å²) in [5.41, 5.74) is 4.37. The molecule has 0 atom stereocenters. The molecule has 0 bridgehead atoms. The molecule has 5 nitrogen and oxygen atoms in total. The van der Waals surface area contributed by atoms with Crippen molar-refractivity contribution in [1.29, 1.82) is 0 Å². The lowest BCUT2D eigenvalue weighted by molar-refractivity contribution is 0.0684. The maximum absolute atomic E-state index is 13.5. The highest BCUT2D eigenvalue weighted by atomic mass is 35.5. The molecule has 0 aliphatic heterocycles. The Balaban J connectivity index is 1.72. The summed E-state index contributed by atoms with van der Waals surface area (Å²) < 4.78 is 20.5. The van der Waals surface area contributed by atoms with Crippen molar-refractivity contribution < 1.29 is 19.0 Å². The second-order valence-corrected chi connectivity index (χ2v) is 8.34. The first-order valence-electron chi connectivity index (χ1n) is 10.5. The number of benzene rings is 3. The number of halogens is 2. The Morgan fingerprint density at radius 1 is 1.12 bits per heavy atom. The van der Waals surface area contributed by atoms with Gasteiger partial charge in [-0.25, -0.2) is 9.18 Å². The van der Waals surface area contributed by atoms with Crippen LogP contribution in [0.5, 0.6) is 5.75 Å². The van der Waals surface area contributed by atoms with Gasteiger partial charge >= 0.3 is 5.97 Å². The van der Waals surface area contributed by atoms with E-state index in [0.29, 0.717) is 24.2 Å². The Bertz CT molecular complexity index is 1330. The number of ether oxygens (including phenoxy) is 1. The second-order valence-electron chi connectivity index (χ2n) is 7.93. The first kappa shape index (κ1) is 22.8. The van der Waals surface area contributed by atoms with Crippen molar-refractivity contribution in [2.24, 2.45) is 0 Å². The molecular weight excluding hydrogens is 443 g/mol. The van der Waals surface area contributed by atoms with Gasteiger partial charge in [0.1, 0.15) is 17.3 Å². The number of hydrogen-bond donors (Lipinski definition) is 2. The average Bonchev–Trinajstić information content (AvgIpc) is 3.08. The molecule has 0 saturated carbocycles. The summed E-state index contributed by atoms with van der Waals surface area (Å²) in [7, 11) is 1.62. The number of carboxylic acids is 1. The van der Waals surface area contributed by atoms with Crippen LogP contribution in [-0.2, 0) is 19.6 Å². The molecule has 4 rings (SSSR count). The molecule has 0 aliphatic rings. The van der Waals surface area contributed by atoms with Gasteiger partial charge in [-0.1, -0.05) is 41.9 Å². The average molecular weight is 467 g/mol. The van der Waals surface area contributed by atoms with E-state index in [9.17, 15) is 14.3 Å². The van der Waals surface area contributed by atoms with Crippen molar-refractivity contribution in [3.05, 3.63) is 99.5 Å². The first-order valence-corrected chi connectivity index (χ1v) is 10.9.